The van der Waals surface area contributed by atoms with Gasteiger partial charge in [0.1, 0.15) is 5.75 Å². The molecule has 1 N–H and O–H groups in total. The molecule has 1 unspecified atom stereocenters. The van der Waals surface area contributed by atoms with E-state index in [2.05, 4.69) is 5.32 Å². The van der Waals surface area contributed by atoms with Gasteiger partial charge >= 0.3 is 0 Å². The van der Waals surface area contributed by atoms with E-state index in [0.29, 0.717) is 12.1 Å². The number of allylic oxidation sites excluding steroid dienone is 1. The van der Waals surface area contributed by atoms with Crippen molar-refractivity contribution in [3.8, 4) is 5.75 Å². The minimum atomic E-state index is -0.706. The van der Waals surface area contributed by atoms with E-state index in [4.69, 9.17) is 4.74 Å². The van der Waals surface area contributed by atoms with Crippen molar-refractivity contribution in [3.05, 3.63) is 59.4 Å². The summed E-state index contributed by atoms with van der Waals surface area (Å²) in [6.45, 7) is 7.99. The molecule has 1 atom stereocenters. The molecule has 1 aromatic heterocycles. The van der Waals surface area contributed by atoms with Crippen LogP contribution in [0.2, 0.25) is 0 Å². The molecule has 1 aliphatic rings. The quantitative estimate of drug-likeness (QED) is 0.807. The summed E-state index contributed by atoms with van der Waals surface area (Å²) in [4.78, 5) is 28.3. The lowest BCUT2D eigenvalue weighted by molar-refractivity contribution is -0.139. The fourth-order valence-corrected chi connectivity index (χ4v) is 3.72. The number of aromatic nitrogens is 1. The van der Waals surface area contributed by atoms with Gasteiger partial charge in [-0.2, -0.15) is 0 Å². The number of ether oxygens (including phenoxy) is 1. The first-order chi connectivity index (χ1) is 13.7. The first kappa shape index (κ1) is 20.7. The minimum absolute atomic E-state index is 0.143. The average Bonchev–Trinajstić information content (AvgIpc) is 3.02. The van der Waals surface area contributed by atoms with Gasteiger partial charge < -0.3 is 19.5 Å². The summed E-state index contributed by atoms with van der Waals surface area (Å²) in [6, 6.07) is 8.76. The standard InChI is InChI=1S/C23H29N3O3/c1-7-17-18-12-13-25(5)19(18)20(21(27)24-23(2,3)4)26(22(17)28)14-15-8-10-16(29-6)11-9-15/h7-13,20H,14H2,1-6H3,(H,24,27)/b17-7-. The third kappa shape index (κ3) is 4.06. The molecule has 0 saturated heterocycles. The number of hydrogen-bond donors (Lipinski definition) is 1. The summed E-state index contributed by atoms with van der Waals surface area (Å²) in [7, 11) is 3.52. The molecular formula is C23H29N3O3. The lowest BCUT2D eigenvalue weighted by Crippen LogP contribution is -2.51. The molecule has 2 aromatic rings. The number of hydrogen-bond acceptors (Lipinski definition) is 3. The fraction of sp³-hybridized carbons (Fsp3) is 0.391. The van der Waals surface area contributed by atoms with Crippen LogP contribution in [0.3, 0.4) is 0 Å². The molecule has 29 heavy (non-hydrogen) atoms. The minimum Gasteiger partial charge on any atom is -0.497 e. The first-order valence-electron chi connectivity index (χ1n) is 9.74. The molecule has 0 saturated carbocycles. The van der Waals surface area contributed by atoms with Gasteiger partial charge in [0.05, 0.1) is 12.8 Å². The largest absolute Gasteiger partial charge is 0.497 e. The van der Waals surface area contributed by atoms with Crippen LogP contribution in [0.25, 0.3) is 5.57 Å². The molecule has 1 aromatic carbocycles. The second-order valence-corrected chi connectivity index (χ2v) is 8.35. The van der Waals surface area contributed by atoms with Crippen molar-refractivity contribution in [1.82, 2.24) is 14.8 Å². The Hall–Kier alpha value is -3.02. The Morgan fingerprint density at radius 2 is 1.86 bits per heavy atom. The molecule has 2 amide bonds. The highest BCUT2D eigenvalue weighted by Crippen LogP contribution is 2.38. The van der Waals surface area contributed by atoms with Gasteiger partial charge in [-0.15, -0.1) is 0 Å². The normalized spacial score (nSPS) is 18.0. The smallest absolute Gasteiger partial charge is 0.255 e. The predicted octanol–water partition coefficient (Wildman–Crippen LogP) is 3.44. The molecule has 3 rings (SSSR count). The number of benzene rings is 1. The number of rotatable bonds is 4. The van der Waals surface area contributed by atoms with E-state index in [1.54, 1.807) is 12.0 Å². The van der Waals surface area contributed by atoms with Crippen molar-refractivity contribution in [2.24, 2.45) is 7.05 Å². The molecule has 6 heteroatoms. The lowest BCUT2D eigenvalue weighted by atomic mass is 9.92. The highest BCUT2D eigenvalue weighted by Gasteiger charge is 2.42. The van der Waals surface area contributed by atoms with Gasteiger partial charge in [-0.25, -0.2) is 0 Å². The zero-order valence-electron chi connectivity index (χ0n) is 17.9. The summed E-state index contributed by atoms with van der Waals surface area (Å²) in [5.41, 5.74) is 2.79. The van der Waals surface area contributed by atoms with E-state index in [1.165, 1.54) is 0 Å². The summed E-state index contributed by atoms with van der Waals surface area (Å²) < 4.78 is 7.15. The average molecular weight is 396 g/mol. The Morgan fingerprint density at radius 3 is 2.41 bits per heavy atom. The number of nitrogens with one attached hydrogen (secondary N) is 1. The number of amides is 2. The molecular weight excluding hydrogens is 366 g/mol. The van der Waals surface area contributed by atoms with E-state index in [0.717, 1.165) is 22.6 Å². The van der Waals surface area contributed by atoms with Crippen LogP contribution in [-0.4, -0.2) is 33.9 Å². The maximum atomic E-state index is 13.4. The Morgan fingerprint density at radius 1 is 1.21 bits per heavy atom. The van der Waals surface area contributed by atoms with Crippen molar-refractivity contribution in [1.29, 1.82) is 0 Å². The number of aryl methyl sites for hydroxylation is 1. The van der Waals surface area contributed by atoms with Crippen LogP contribution in [0, 0.1) is 0 Å². The zero-order valence-corrected chi connectivity index (χ0v) is 17.9. The van der Waals surface area contributed by atoms with Gasteiger partial charge in [0.25, 0.3) is 5.91 Å². The molecule has 6 nitrogen and oxygen atoms in total. The van der Waals surface area contributed by atoms with Crippen LogP contribution in [0.4, 0.5) is 0 Å². The van der Waals surface area contributed by atoms with E-state index in [-0.39, 0.29) is 11.8 Å². The van der Waals surface area contributed by atoms with Crippen LogP contribution in [0.5, 0.6) is 5.75 Å². The van der Waals surface area contributed by atoms with Crippen molar-refractivity contribution in [2.75, 3.05) is 7.11 Å². The van der Waals surface area contributed by atoms with Gasteiger partial charge in [0.2, 0.25) is 5.91 Å². The van der Waals surface area contributed by atoms with Gasteiger partial charge in [0.15, 0.2) is 6.04 Å². The highest BCUT2D eigenvalue weighted by atomic mass is 16.5. The molecule has 0 bridgehead atoms. The molecule has 0 aliphatic carbocycles. The Labute approximate surface area is 172 Å². The topological polar surface area (TPSA) is 63.6 Å². The van der Waals surface area contributed by atoms with Gasteiger partial charge in [-0.05, 0) is 51.5 Å². The van der Waals surface area contributed by atoms with Crippen LogP contribution in [0.15, 0.2) is 42.6 Å². The van der Waals surface area contributed by atoms with E-state index in [9.17, 15) is 9.59 Å². The van der Waals surface area contributed by atoms with E-state index < -0.39 is 11.6 Å². The van der Waals surface area contributed by atoms with Crippen molar-refractivity contribution >= 4 is 17.4 Å². The maximum absolute atomic E-state index is 13.4. The Balaban J connectivity index is 2.07. The van der Waals surface area contributed by atoms with Crippen LogP contribution in [0.1, 0.15) is 50.6 Å². The van der Waals surface area contributed by atoms with Crippen molar-refractivity contribution in [3.63, 3.8) is 0 Å². The van der Waals surface area contributed by atoms with Gasteiger partial charge in [0, 0.05) is 36.5 Å². The lowest BCUT2D eigenvalue weighted by Gasteiger charge is -2.38. The van der Waals surface area contributed by atoms with E-state index in [1.807, 2.05) is 81.9 Å². The first-order valence-corrected chi connectivity index (χ1v) is 9.74. The SMILES string of the molecule is C/C=C1\C(=O)N(Cc2ccc(OC)cc2)C(C(=O)NC(C)(C)C)c2c1ccn2C. The van der Waals surface area contributed by atoms with Crippen molar-refractivity contribution < 1.29 is 14.3 Å². The second kappa shape index (κ2) is 7.78. The number of fused-ring (bicyclic) bond motifs is 1. The molecule has 154 valence electrons. The highest BCUT2D eigenvalue weighted by molar-refractivity contribution is 6.22. The zero-order chi connectivity index (χ0) is 21.3. The monoisotopic (exact) mass is 395 g/mol. The second-order valence-electron chi connectivity index (χ2n) is 8.35. The Kier molecular flexibility index (Phi) is 5.55. The predicted molar refractivity (Wildman–Crippen MR) is 113 cm³/mol. The van der Waals surface area contributed by atoms with E-state index >= 15 is 0 Å². The molecule has 0 fully saturated rings. The molecule has 1 aliphatic heterocycles. The molecule has 0 spiro atoms. The fourth-order valence-electron chi connectivity index (χ4n) is 3.72. The number of methoxy groups -OCH3 is 1. The summed E-state index contributed by atoms with van der Waals surface area (Å²) in [6.07, 6.45) is 3.72. The third-order valence-corrected chi connectivity index (χ3v) is 5.02. The molecule has 0 radical (unpaired) electrons. The Bertz CT molecular complexity index is 949. The summed E-state index contributed by atoms with van der Waals surface area (Å²) in [5, 5.41) is 3.05. The maximum Gasteiger partial charge on any atom is 0.255 e. The van der Waals surface area contributed by atoms with Crippen LogP contribution in [-0.2, 0) is 23.2 Å². The summed E-state index contributed by atoms with van der Waals surface area (Å²) in [5.74, 6) is 0.424. The third-order valence-electron chi connectivity index (χ3n) is 5.02. The number of carbonyl (C=O) groups excluding carboxylic acids is 2. The molecule has 2 heterocycles. The van der Waals surface area contributed by atoms with Crippen molar-refractivity contribution in [2.45, 2.75) is 45.8 Å². The van der Waals surface area contributed by atoms with Gasteiger partial charge in [-0.1, -0.05) is 18.2 Å². The summed E-state index contributed by atoms with van der Waals surface area (Å²) >= 11 is 0. The van der Waals surface area contributed by atoms with Crippen LogP contribution >= 0.6 is 0 Å². The van der Waals surface area contributed by atoms with Gasteiger partial charge in [-0.3, -0.25) is 9.59 Å². The number of nitrogens with zero attached hydrogens (tertiary/aromatic N) is 2. The van der Waals surface area contributed by atoms with Crippen LogP contribution < -0.4 is 10.1 Å². The number of carbonyl (C=O) groups is 2.